The van der Waals surface area contributed by atoms with E-state index in [9.17, 15) is 4.79 Å². The third-order valence-corrected chi connectivity index (χ3v) is 5.59. The summed E-state index contributed by atoms with van der Waals surface area (Å²) in [4.78, 5) is 12.4. The molecule has 3 aromatic carbocycles. The molecule has 1 N–H and O–H groups in total. The Bertz CT molecular complexity index is 1130. The van der Waals surface area contributed by atoms with Crippen LogP contribution in [0.5, 0.6) is 5.75 Å². The van der Waals surface area contributed by atoms with Crippen LogP contribution in [0.15, 0.2) is 90.1 Å². The maximum Gasteiger partial charge on any atom is 0.230 e. The Morgan fingerprint density at radius 2 is 1.61 bits per heavy atom. The zero-order valence-electron chi connectivity index (χ0n) is 17.1. The van der Waals surface area contributed by atoms with Gasteiger partial charge in [-0.1, -0.05) is 60.3 Å². The predicted molar refractivity (Wildman–Crippen MR) is 122 cm³/mol. The molecule has 0 unspecified atom stereocenters. The van der Waals surface area contributed by atoms with E-state index in [1.807, 2.05) is 89.5 Å². The molecule has 4 aromatic rings. The first-order chi connectivity index (χ1) is 15.2. The number of ether oxygens (including phenoxy) is 1. The van der Waals surface area contributed by atoms with Gasteiger partial charge in [-0.3, -0.25) is 9.36 Å². The van der Waals surface area contributed by atoms with Crippen molar-refractivity contribution in [2.24, 2.45) is 0 Å². The molecular weight excluding hydrogens is 408 g/mol. The zero-order chi connectivity index (χ0) is 21.5. The van der Waals surface area contributed by atoms with Crippen molar-refractivity contribution in [3.63, 3.8) is 0 Å². The van der Waals surface area contributed by atoms with E-state index < -0.39 is 0 Å². The van der Waals surface area contributed by atoms with E-state index in [0.717, 1.165) is 22.6 Å². The van der Waals surface area contributed by atoms with Crippen LogP contribution in [0.25, 0.3) is 17.1 Å². The SMILES string of the molecule is COc1ccc(-c2nnc(SCC(=O)NCc3ccccc3)n2-c2ccccc2)cc1. The van der Waals surface area contributed by atoms with E-state index in [0.29, 0.717) is 17.5 Å². The maximum atomic E-state index is 12.4. The van der Waals surface area contributed by atoms with Gasteiger partial charge in [0.25, 0.3) is 0 Å². The normalized spacial score (nSPS) is 10.6. The summed E-state index contributed by atoms with van der Waals surface area (Å²) < 4.78 is 7.22. The lowest BCUT2D eigenvalue weighted by Crippen LogP contribution is -2.24. The fraction of sp³-hybridized carbons (Fsp3) is 0.125. The summed E-state index contributed by atoms with van der Waals surface area (Å²) >= 11 is 1.36. The molecule has 0 aliphatic rings. The Morgan fingerprint density at radius 1 is 0.935 bits per heavy atom. The minimum absolute atomic E-state index is 0.0533. The molecule has 1 heterocycles. The lowest BCUT2D eigenvalue weighted by atomic mass is 10.2. The van der Waals surface area contributed by atoms with Crippen molar-refractivity contribution in [2.45, 2.75) is 11.7 Å². The number of hydrogen-bond acceptors (Lipinski definition) is 5. The van der Waals surface area contributed by atoms with Crippen molar-refractivity contribution in [3.05, 3.63) is 90.5 Å². The van der Waals surface area contributed by atoms with Crippen LogP contribution >= 0.6 is 11.8 Å². The van der Waals surface area contributed by atoms with Crippen molar-refractivity contribution < 1.29 is 9.53 Å². The number of thioether (sulfide) groups is 1. The van der Waals surface area contributed by atoms with Gasteiger partial charge in [-0.05, 0) is 42.0 Å². The number of carbonyl (C=O) groups is 1. The molecule has 0 spiro atoms. The van der Waals surface area contributed by atoms with Crippen LogP contribution in [0.4, 0.5) is 0 Å². The second kappa shape index (κ2) is 9.95. The quantitative estimate of drug-likeness (QED) is 0.421. The number of methoxy groups -OCH3 is 1. The van der Waals surface area contributed by atoms with Crippen LogP contribution in [-0.4, -0.2) is 33.5 Å². The summed E-state index contributed by atoms with van der Waals surface area (Å²) in [6, 6.07) is 27.4. The molecule has 0 aliphatic carbocycles. The van der Waals surface area contributed by atoms with E-state index >= 15 is 0 Å². The smallest absolute Gasteiger partial charge is 0.230 e. The molecule has 0 bridgehead atoms. The summed E-state index contributed by atoms with van der Waals surface area (Å²) in [5, 5.41) is 12.4. The fourth-order valence-electron chi connectivity index (χ4n) is 3.08. The molecule has 0 aliphatic heterocycles. The molecule has 156 valence electrons. The van der Waals surface area contributed by atoms with Gasteiger partial charge >= 0.3 is 0 Å². The van der Waals surface area contributed by atoms with Gasteiger partial charge in [-0.2, -0.15) is 0 Å². The summed E-state index contributed by atoms with van der Waals surface area (Å²) in [6.07, 6.45) is 0. The number of benzene rings is 3. The lowest BCUT2D eigenvalue weighted by Gasteiger charge is -2.11. The Labute approximate surface area is 185 Å². The number of para-hydroxylation sites is 1. The number of nitrogens with zero attached hydrogens (tertiary/aromatic N) is 3. The fourth-order valence-corrected chi connectivity index (χ4v) is 3.86. The molecular formula is C24H22N4O2S. The average molecular weight is 431 g/mol. The Morgan fingerprint density at radius 3 is 2.29 bits per heavy atom. The van der Waals surface area contributed by atoms with Gasteiger partial charge in [0.2, 0.25) is 5.91 Å². The molecule has 0 saturated heterocycles. The number of aromatic nitrogens is 3. The van der Waals surface area contributed by atoms with E-state index in [1.54, 1.807) is 7.11 Å². The van der Waals surface area contributed by atoms with Crippen LogP contribution in [0.3, 0.4) is 0 Å². The van der Waals surface area contributed by atoms with Crippen molar-refractivity contribution in [2.75, 3.05) is 12.9 Å². The molecule has 0 atom stereocenters. The monoisotopic (exact) mass is 430 g/mol. The standard InChI is InChI=1S/C24H22N4O2S/c1-30-21-14-12-19(13-15-21)23-26-27-24(28(23)20-10-6-3-7-11-20)31-17-22(29)25-16-18-8-4-2-5-9-18/h2-15H,16-17H2,1H3,(H,25,29). The lowest BCUT2D eigenvalue weighted by molar-refractivity contribution is -0.118. The number of rotatable bonds is 8. The van der Waals surface area contributed by atoms with Crippen molar-refractivity contribution in [1.29, 1.82) is 0 Å². The van der Waals surface area contributed by atoms with Crippen LogP contribution < -0.4 is 10.1 Å². The maximum absolute atomic E-state index is 12.4. The van der Waals surface area contributed by atoms with Crippen LogP contribution in [0.1, 0.15) is 5.56 Å². The molecule has 0 fully saturated rings. The Balaban J connectivity index is 1.53. The molecule has 6 nitrogen and oxygen atoms in total. The first kappa shape index (κ1) is 20.7. The molecule has 0 radical (unpaired) electrons. The van der Waals surface area contributed by atoms with Crippen molar-refractivity contribution in [1.82, 2.24) is 20.1 Å². The summed E-state index contributed by atoms with van der Waals surface area (Å²) in [7, 11) is 1.64. The molecule has 0 saturated carbocycles. The highest BCUT2D eigenvalue weighted by Crippen LogP contribution is 2.28. The number of amides is 1. The summed E-state index contributed by atoms with van der Waals surface area (Å²) in [6.45, 7) is 0.503. The number of hydrogen-bond donors (Lipinski definition) is 1. The third kappa shape index (κ3) is 5.13. The Hall–Kier alpha value is -3.58. The second-order valence-corrected chi connectivity index (χ2v) is 7.70. The van der Waals surface area contributed by atoms with Crippen molar-refractivity contribution in [3.8, 4) is 22.8 Å². The summed E-state index contributed by atoms with van der Waals surface area (Å²) in [5.41, 5.74) is 2.91. The minimum Gasteiger partial charge on any atom is -0.497 e. The highest BCUT2D eigenvalue weighted by atomic mass is 32.2. The highest BCUT2D eigenvalue weighted by Gasteiger charge is 2.17. The van der Waals surface area contributed by atoms with Gasteiger partial charge in [-0.25, -0.2) is 0 Å². The third-order valence-electron chi connectivity index (χ3n) is 4.66. The van der Waals surface area contributed by atoms with Gasteiger partial charge in [0.05, 0.1) is 12.9 Å². The van der Waals surface area contributed by atoms with Crippen LogP contribution in [0, 0.1) is 0 Å². The van der Waals surface area contributed by atoms with E-state index in [1.165, 1.54) is 11.8 Å². The van der Waals surface area contributed by atoms with E-state index in [2.05, 4.69) is 15.5 Å². The molecule has 1 aromatic heterocycles. The van der Waals surface area contributed by atoms with Crippen molar-refractivity contribution >= 4 is 17.7 Å². The first-order valence-electron chi connectivity index (χ1n) is 9.83. The van der Waals surface area contributed by atoms with Crippen LogP contribution in [0.2, 0.25) is 0 Å². The minimum atomic E-state index is -0.0533. The Kier molecular flexibility index (Phi) is 6.64. The zero-order valence-corrected chi connectivity index (χ0v) is 17.9. The first-order valence-corrected chi connectivity index (χ1v) is 10.8. The highest BCUT2D eigenvalue weighted by molar-refractivity contribution is 7.99. The topological polar surface area (TPSA) is 69.0 Å². The summed E-state index contributed by atoms with van der Waals surface area (Å²) in [5.74, 6) is 1.68. The van der Waals surface area contributed by atoms with E-state index in [-0.39, 0.29) is 11.7 Å². The average Bonchev–Trinajstić information content (AvgIpc) is 3.26. The van der Waals surface area contributed by atoms with Crippen LogP contribution in [-0.2, 0) is 11.3 Å². The molecule has 4 rings (SSSR count). The van der Waals surface area contributed by atoms with Gasteiger partial charge < -0.3 is 10.1 Å². The van der Waals surface area contributed by atoms with E-state index in [4.69, 9.17) is 4.74 Å². The van der Waals surface area contributed by atoms with Gasteiger partial charge in [0.15, 0.2) is 11.0 Å². The molecule has 31 heavy (non-hydrogen) atoms. The van der Waals surface area contributed by atoms with Gasteiger partial charge in [0, 0.05) is 17.8 Å². The number of nitrogens with one attached hydrogen (secondary N) is 1. The molecule has 7 heteroatoms. The van der Waals surface area contributed by atoms with Gasteiger partial charge in [0.1, 0.15) is 5.75 Å². The number of carbonyl (C=O) groups excluding carboxylic acids is 1. The predicted octanol–water partition coefficient (Wildman–Crippen LogP) is 4.35. The second-order valence-electron chi connectivity index (χ2n) is 6.76. The van der Waals surface area contributed by atoms with Gasteiger partial charge in [-0.15, -0.1) is 10.2 Å². The molecule has 1 amide bonds. The largest absolute Gasteiger partial charge is 0.497 e.